The molecule has 0 fully saturated rings. The predicted octanol–water partition coefficient (Wildman–Crippen LogP) is 0.266. The van der Waals surface area contributed by atoms with Crippen LogP contribution >= 0.6 is 0 Å². The van der Waals surface area contributed by atoms with E-state index in [1.165, 1.54) is 25.3 Å². The second-order valence-electron chi connectivity index (χ2n) is 2.18. The molecule has 1 aliphatic rings. The van der Waals surface area contributed by atoms with Crippen LogP contribution < -0.4 is 0 Å². The van der Waals surface area contributed by atoms with E-state index in [0.29, 0.717) is 11.9 Å². The van der Waals surface area contributed by atoms with Crippen molar-refractivity contribution >= 4 is 12.1 Å². The van der Waals surface area contributed by atoms with Gasteiger partial charge in [-0.15, -0.1) is 0 Å². The minimum atomic E-state index is -0.583. The third kappa shape index (κ3) is 1.62. The molecule has 1 atom stereocenters. The summed E-state index contributed by atoms with van der Waals surface area (Å²) in [4.78, 5) is 21.2. The lowest BCUT2D eigenvalue weighted by Crippen LogP contribution is -2.21. The van der Waals surface area contributed by atoms with Crippen LogP contribution in [0.25, 0.3) is 0 Å². The molecule has 58 valence electrons. The molecule has 0 aromatic carbocycles. The van der Waals surface area contributed by atoms with Crippen molar-refractivity contribution < 1.29 is 14.3 Å². The molecule has 3 nitrogen and oxygen atoms in total. The fourth-order valence-corrected chi connectivity index (χ4v) is 0.848. The molecular formula is C8H8O3. The number of ketones is 1. The SMILES string of the molecule is COC1C=C(C=O)C=CC1=O. The molecule has 0 aromatic rings. The third-order valence-electron chi connectivity index (χ3n) is 1.45. The predicted molar refractivity (Wildman–Crippen MR) is 39.1 cm³/mol. The number of hydrogen-bond acceptors (Lipinski definition) is 3. The molecule has 0 aromatic heterocycles. The molecule has 1 aliphatic carbocycles. The molecule has 0 spiro atoms. The van der Waals surface area contributed by atoms with Gasteiger partial charge < -0.3 is 4.74 Å². The van der Waals surface area contributed by atoms with E-state index in [1.54, 1.807) is 0 Å². The van der Waals surface area contributed by atoms with Crippen molar-refractivity contribution in [1.82, 2.24) is 0 Å². The van der Waals surface area contributed by atoms with E-state index in [-0.39, 0.29) is 5.78 Å². The van der Waals surface area contributed by atoms with Crippen molar-refractivity contribution in [3.63, 3.8) is 0 Å². The van der Waals surface area contributed by atoms with Crippen molar-refractivity contribution in [1.29, 1.82) is 0 Å². The van der Waals surface area contributed by atoms with Crippen molar-refractivity contribution in [3.8, 4) is 0 Å². The number of rotatable bonds is 2. The second kappa shape index (κ2) is 3.25. The molecule has 0 radical (unpaired) electrons. The molecule has 1 rings (SSSR count). The molecule has 0 aliphatic heterocycles. The Kier molecular flexibility index (Phi) is 2.33. The van der Waals surface area contributed by atoms with Crippen LogP contribution in [0.3, 0.4) is 0 Å². The standard InChI is InChI=1S/C8H8O3/c1-11-8-4-6(5-9)2-3-7(8)10/h2-5,8H,1H3. The molecule has 0 saturated carbocycles. The van der Waals surface area contributed by atoms with E-state index in [2.05, 4.69) is 0 Å². The second-order valence-corrected chi connectivity index (χ2v) is 2.18. The van der Waals surface area contributed by atoms with Crippen molar-refractivity contribution in [2.45, 2.75) is 6.10 Å². The molecule has 1 unspecified atom stereocenters. The topological polar surface area (TPSA) is 43.4 Å². The molecule has 0 amide bonds. The molecule has 0 N–H and O–H groups in total. The normalized spacial score (nSPS) is 23.2. The monoisotopic (exact) mass is 152 g/mol. The number of carbonyl (C=O) groups excluding carboxylic acids is 2. The lowest BCUT2D eigenvalue weighted by Gasteiger charge is -2.10. The number of methoxy groups -OCH3 is 1. The van der Waals surface area contributed by atoms with Crippen LogP contribution in [0.2, 0.25) is 0 Å². The highest BCUT2D eigenvalue weighted by Crippen LogP contribution is 2.07. The maximum absolute atomic E-state index is 10.9. The van der Waals surface area contributed by atoms with E-state index in [1.807, 2.05) is 0 Å². The fourth-order valence-electron chi connectivity index (χ4n) is 0.848. The van der Waals surface area contributed by atoms with Gasteiger partial charge in [-0.05, 0) is 18.2 Å². The Balaban J connectivity index is 2.82. The largest absolute Gasteiger partial charge is 0.369 e. The van der Waals surface area contributed by atoms with Gasteiger partial charge in [-0.2, -0.15) is 0 Å². The minimum absolute atomic E-state index is 0.127. The summed E-state index contributed by atoms with van der Waals surface area (Å²) in [5, 5.41) is 0. The first kappa shape index (κ1) is 7.88. The smallest absolute Gasteiger partial charge is 0.188 e. The van der Waals surface area contributed by atoms with E-state index in [0.717, 1.165) is 0 Å². The maximum atomic E-state index is 10.9. The zero-order valence-electron chi connectivity index (χ0n) is 6.11. The Bertz CT molecular complexity index is 238. The Hall–Kier alpha value is -1.22. The van der Waals surface area contributed by atoms with Gasteiger partial charge in [0.1, 0.15) is 12.4 Å². The summed E-state index contributed by atoms with van der Waals surface area (Å²) in [7, 11) is 1.43. The van der Waals surface area contributed by atoms with Crippen LogP contribution in [0.15, 0.2) is 23.8 Å². The summed E-state index contributed by atoms with van der Waals surface area (Å²) >= 11 is 0. The van der Waals surface area contributed by atoms with Gasteiger partial charge in [0.25, 0.3) is 0 Å². The Labute approximate surface area is 64.3 Å². The van der Waals surface area contributed by atoms with Gasteiger partial charge in [0.05, 0.1) is 0 Å². The summed E-state index contributed by atoms with van der Waals surface area (Å²) in [5.74, 6) is -0.127. The van der Waals surface area contributed by atoms with Gasteiger partial charge in [-0.25, -0.2) is 0 Å². The van der Waals surface area contributed by atoms with Gasteiger partial charge in [0.15, 0.2) is 5.78 Å². The number of aldehydes is 1. The molecule has 3 heteroatoms. The molecule has 0 bridgehead atoms. The van der Waals surface area contributed by atoms with Gasteiger partial charge in [-0.1, -0.05) is 0 Å². The van der Waals surface area contributed by atoms with Gasteiger partial charge in [0.2, 0.25) is 0 Å². The molecule has 11 heavy (non-hydrogen) atoms. The van der Waals surface area contributed by atoms with E-state index >= 15 is 0 Å². The van der Waals surface area contributed by atoms with Crippen LogP contribution in [0.5, 0.6) is 0 Å². The average Bonchev–Trinajstić information content (AvgIpc) is 2.05. The van der Waals surface area contributed by atoms with Gasteiger partial charge in [0, 0.05) is 12.7 Å². The first-order chi connectivity index (χ1) is 5.27. The quantitative estimate of drug-likeness (QED) is 0.533. The summed E-state index contributed by atoms with van der Waals surface area (Å²) < 4.78 is 4.80. The summed E-state index contributed by atoms with van der Waals surface area (Å²) in [6, 6.07) is 0. The lowest BCUT2D eigenvalue weighted by molar-refractivity contribution is -0.121. The Morgan fingerprint density at radius 2 is 2.27 bits per heavy atom. The van der Waals surface area contributed by atoms with Crippen LogP contribution in [-0.4, -0.2) is 25.3 Å². The summed E-state index contributed by atoms with van der Waals surface area (Å²) in [5.41, 5.74) is 0.483. The minimum Gasteiger partial charge on any atom is -0.369 e. The van der Waals surface area contributed by atoms with Gasteiger partial charge >= 0.3 is 0 Å². The first-order valence-corrected chi connectivity index (χ1v) is 3.19. The number of carbonyl (C=O) groups is 2. The third-order valence-corrected chi connectivity index (χ3v) is 1.45. The average molecular weight is 152 g/mol. The fraction of sp³-hybridized carbons (Fsp3) is 0.250. The molecule has 0 heterocycles. The maximum Gasteiger partial charge on any atom is 0.188 e. The first-order valence-electron chi connectivity index (χ1n) is 3.19. The highest BCUT2D eigenvalue weighted by atomic mass is 16.5. The van der Waals surface area contributed by atoms with Crippen molar-refractivity contribution in [2.75, 3.05) is 7.11 Å². The highest BCUT2D eigenvalue weighted by molar-refractivity contribution is 5.99. The van der Waals surface area contributed by atoms with Crippen molar-refractivity contribution in [3.05, 3.63) is 23.8 Å². The highest BCUT2D eigenvalue weighted by Gasteiger charge is 2.15. The number of hydrogen-bond donors (Lipinski definition) is 0. The van der Waals surface area contributed by atoms with Crippen LogP contribution in [0, 0.1) is 0 Å². The molecular weight excluding hydrogens is 144 g/mol. The Morgan fingerprint density at radius 3 is 2.82 bits per heavy atom. The zero-order valence-corrected chi connectivity index (χ0v) is 6.11. The van der Waals surface area contributed by atoms with Crippen molar-refractivity contribution in [2.24, 2.45) is 0 Å². The lowest BCUT2D eigenvalue weighted by atomic mass is 10.1. The van der Waals surface area contributed by atoms with Gasteiger partial charge in [-0.3, -0.25) is 9.59 Å². The summed E-state index contributed by atoms with van der Waals surface area (Å²) in [6.45, 7) is 0. The van der Waals surface area contributed by atoms with Crippen LogP contribution in [-0.2, 0) is 14.3 Å². The number of allylic oxidation sites excluding steroid dienone is 2. The van der Waals surface area contributed by atoms with E-state index < -0.39 is 6.10 Å². The number of ether oxygens (including phenoxy) is 1. The van der Waals surface area contributed by atoms with Crippen LogP contribution in [0.1, 0.15) is 0 Å². The van der Waals surface area contributed by atoms with Crippen LogP contribution in [0.4, 0.5) is 0 Å². The Morgan fingerprint density at radius 1 is 1.55 bits per heavy atom. The van der Waals surface area contributed by atoms with E-state index in [9.17, 15) is 9.59 Å². The summed E-state index contributed by atoms with van der Waals surface area (Å²) in [6.07, 6.45) is 4.42. The zero-order chi connectivity index (χ0) is 8.27. The van der Waals surface area contributed by atoms with E-state index in [4.69, 9.17) is 4.74 Å². The molecule has 0 saturated heterocycles.